The predicted octanol–water partition coefficient (Wildman–Crippen LogP) is 5.08. The van der Waals surface area contributed by atoms with Crippen molar-refractivity contribution in [2.45, 2.75) is 71.6 Å². The first-order chi connectivity index (χ1) is 14.3. The van der Waals surface area contributed by atoms with Crippen LogP contribution in [-0.2, 0) is 25.4 Å². The SMILES string of the molecule is COC(=O)C(CCc1cc2ccccc2o1)N(C(=O)OC(C)(C)C)C(=O)OC(C)(C)C. The van der Waals surface area contributed by atoms with E-state index in [1.807, 2.05) is 30.3 Å². The molecule has 1 heterocycles. The molecule has 0 saturated carbocycles. The molecule has 2 aromatic rings. The molecule has 0 aliphatic rings. The van der Waals surface area contributed by atoms with Crippen LogP contribution in [0.25, 0.3) is 11.0 Å². The minimum absolute atomic E-state index is 0.0744. The number of amides is 2. The molecule has 0 radical (unpaired) electrons. The average molecular weight is 434 g/mol. The molecular formula is C23H31NO7. The van der Waals surface area contributed by atoms with Crippen LogP contribution in [-0.4, -0.2) is 47.4 Å². The zero-order chi connectivity index (χ0) is 23.4. The quantitative estimate of drug-likeness (QED) is 0.479. The van der Waals surface area contributed by atoms with Crippen molar-refractivity contribution in [1.82, 2.24) is 4.90 Å². The van der Waals surface area contributed by atoms with Crippen molar-refractivity contribution in [3.63, 3.8) is 0 Å². The second kappa shape index (κ2) is 9.41. The van der Waals surface area contributed by atoms with E-state index < -0.39 is 35.4 Å². The first-order valence-electron chi connectivity index (χ1n) is 10.1. The van der Waals surface area contributed by atoms with Crippen LogP contribution in [0.1, 0.15) is 53.7 Å². The van der Waals surface area contributed by atoms with Crippen LogP contribution < -0.4 is 0 Å². The topological polar surface area (TPSA) is 95.3 Å². The summed E-state index contributed by atoms with van der Waals surface area (Å²) < 4.78 is 21.4. The Kier molecular flexibility index (Phi) is 7.36. The molecule has 0 fully saturated rings. The molecule has 8 heteroatoms. The van der Waals surface area contributed by atoms with E-state index in [1.165, 1.54) is 7.11 Å². The van der Waals surface area contributed by atoms with E-state index in [2.05, 4.69) is 0 Å². The van der Waals surface area contributed by atoms with Crippen molar-refractivity contribution in [1.29, 1.82) is 0 Å². The zero-order valence-corrected chi connectivity index (χ0v) is 19.2. The molecule has 0 bridgehead atoms. The van der Waals surface area contributed by atoms with E-state index in [-0.39, 0.29) is 12.8 Å². The molecule has 170 valence electrons. The highest BCUT2D eigenvalue weighted by Crippen LogP contribution is 2.23. The number of hydrogen-bond donors (Lipinski definition) is 0. The average Bonchev–Trinajstić information content (AvgIpc) is 3.04. The molecule has 0 spiro atoms. The fraction of sp³-hybridized carbons (Fsp3) is 0.522. The summed E-state index contributed by atoms with van der Waals surface area (Å²) in [4.78, 5) is 39.0. The fourth-order valence-corrected chi connectivity index (χ4v) is 2.88. The normalized spacial score (nSPS) is 12.9. The molecule has 0 aliphatic carbocycles. The van der Waals surface area contributed by atoms with Gasteiger partial charge in [0.25, 0.3) is 0 Å². The molecular weight excluding hydrogens is 402 g/mol. The number of methoxy groups -OCH3 is 1. The Labute approximate surface area is 182 Å². The molecule has 0 aliphatic heterocycles. The van der Waals surface area contributed by atoms with Gasteiger partial charge in [-0.05, 0) is 60.1 Å². The minimum Gasteiger partial charge on any atom is -0.467 e. The van der Waals surface area contributed by atoms with E-state index in [1.54, 1.807) is 41.5 Å². The summed E-state index contributed by atoms with van der Waals surface area (Å²) >= 11 is 0. The summed E-state index contributed by atoms with van der Waals surface area (Å²) in [5, 5.41) is 0.920. The smallest absolute Gasteiger partial charge is 0.420 e. The highest BCUT2D eigenvalue weighted by molar-refractivity contribution is 5.94. The second-order valence-corrected chi connectivity index (χ2v) is 9.16. The van der Waals surface area contributed by atoms with Gasteiger partial charge >= 0.3 is 18.2 Å². The molecule has 8 nitrogen and oxygen atoms in total. The Balaban J connectivity index is 2.32. The summed E-state index contributed by atoms with van der Waals surface area (Å²) in [6, 6.07) is 8.11. The predicted molar refractivity (Wildman–Crippen MR) is 115 cm³/mol. The number of rotatable bonds is 5. The number of fused-ring (bicyclic) bond motifs is 1. The van der Waals surface area contributed by atoms with Crippen LogP contribution in [0, 0.1) is 0 Å². The highest BCUT2D eigenvalue weighted by atomic mass is 16.6. The van der Waals surface area contributed by atoms with Gasteiger partial charge in [0.05, 0.1) is 7.11 Å². The van der Waals surface area contributed by atoms with E-state index in [0.717, 1.165) is 5.39 Å². The number of furan rings is 1. The van der Waals surface area contributed by atoms with Gasteiger partial charge in [0.15, 0.2) is 0 Å². The number of ether oxygens (including phenoxy) is 3. The summed E-state index contributed by atoms with van der Waals surface area (Å²) in [6.45, 7) is 10.00. The second-order valence-electron chi connectivity index (χ2n) is 9.16. The number of carbonyl (C=O) groups excluding carboxylic acids is 3. The lowest BCUT2D eigenvalue weighted by atomic mass is 10.1. The summed E-state index contributed by atoms with van der Waals surface area (Å²) in [5.74, 6) is -0.142. The van der Waals surface area contributed by atoms with E-state index >= 15 is 0 Å². The van der Waals surface area contributed by atoms with Crippen molar-refractivity contribution in [2.75, 3.05) is 7.11 Å². The largest absolute Gasteiger partial charge is 0.467 e. The van der Waals surface area contributed by atoms with Gasteiger partial charge < -0.3 is 18.6 Å². The Morgan fingerprint density at radius 2 is 1.52 bits per heavy atom. The van der Waals surface area contributed by atoms with Crippen LogP contribution in [0.3, 0.4) is 0 Å². The fourth-order valence-electron chi connectivity index (χ4n) is 2.88. The van der Waals surface area contributed by atoms with Crippen molar-refractivity contribution in [3.05, 3.63) is 36.1 Å². The summed E-state index contributed by atoms with van der Waals surface area (Å²) in [6.07, 6.45) is -1.61. The van der Waals surface area contributed by atoms with Gasteiger partial charge in [-0.25, -0.2) is 14.4 Å². The zero-order valence-electron chi connectivity index (χ0n) is 19.2. The Morgan fingerprint density at radius 1 is 0.968 bits per heavy atom. The molecule has 2 amide bonds. The number of nitrogens with zero attached hydrogens (tertiary/aromatic N) is 1. The lowest BCUT2D eigenvalue weighted by molar-refractivity contribution is -0.147. The molecule has 1 aromatic carbocycles. The van der Waals surface area contributed by atoms with E-state index in [9.17, 15) is 14.4 Å². The van der Waals surface area contributed by atoms with Gasteiger partial charge in [-0.3, -0.25) is 0 Å². The van der Waals surface area contributed by atoms with Gasteiger partial charge in [0.2, 0.25) is 0 Å². The number of aryl methyl sites for hydroxylation is 1. The minimum atomic E-state index is -1.25. The monoisotopic (exact) mass is 433 g/mol. The van der Waals surface area contributed by atoms with Crippen LogP contribution in [0.2, 0.25) is 0 Å². The summed E-state index contributed by atoms with van der Waals surface area (Å²) in [5.41, 5.74) is -1.05. The molecule has 0 saturated heterocycles. The lowest BCUT2D eigenvalue weighted by Crippen LogP contribution is -2.52. The third-order valence-electron chi connectivity index (χ3n) is 4.11. The molecule has 31 heavy (non-hydrogen) atoms. The standard InChI is InChI=1S/C23H31NO7/c1-22(2,3)30-20(26)24(21(27)31-23(4,5)6)17(19(25)28-7)13-12-16-14-15-10-8-9-11-18(15)29-16/h8-11,14,17H,12-13H2,1-7H3. The van der Waals surface area contributed by atoms with Crippen molar-refractivity contribution < 1.29 is 33.0 Å². The third kappa shape index (κ3) is 7.01. The van der Waals surface area contributed by atoms with Gasteiger partial charge in [-0.15, -0.1) is 0 Å². The maximum atomic E-state index is 12.9. The van der Waals surface area contributed by atoms with Crippen LogP contribution in [0.5, 0.6) is 0 Å². The number of para-hydroxylation sites is 1. The van der Waals surface area contributed by atoms with Gasteiger partial charge in [0.1, 0.15) is 28.6 Å². The molecule has 2 rings (SSSR count). The maximum absolute atomic E-state index is 12.9. The number of imide groups is 1. The molecule has 1 unspecified atom stereocenters. The molecule has 1 atom stereocenters. The third-order valence-corrected chi connectivity index (χ3v) is 4.11. The first-order valence-corrected chi connectivity index (χ1v) is 10.1. The Bertz CT molecular complexity index is 872. The number of carbonyl (C=O) groups is 3. The number of benzene rings is 1. The summed E-state index contributed by atoms with van der Waals surface area (Å²) in [7, 11) is 1.19. The maximum Gasteiger partial charge on any atom is 0.420 e. The Morgan fingerprint density at radius 3 is 2.00 bits per heavy atom. The first kappa shape index (κ1) is 24.2. The van der Waals surface area contributed by atoms with Crippen molar-refractivity contribution >= 4 is 29.1 Å². The van der Waals surface area contributed by atoms with Crippen molar-refractivity contribution in [3.8, 4) is 0 Å². The van der Waals surface area contributed by atoms with Crippen LogP contribution in [0.15, 0.2) is 34.7 Å². The number of hydrogen-bond acceptors (Lipinski definition) is 7. The van der Waals surface area contributed by atoms with E-state index in [4.69, 9.17) is 18.6 Å². The van der Waals surface area contributed by atoms with Gasteiger partial charge in [-0.1, -0.05) is 18.2 Å². The van der Waals surface area contributed by atoms with E-state index in [0.29, 0.717) is 16.2 Å². The van der Waals surface area contributed by atoms with Crippen LogP contribution >= 0.6 is 0 Å². The Hall–Kier alpha value is -3.03. The molecule has 0 N–H and O–H groups in total. The van der Waals surface area contributed by atoms with Gasteiger partial charge in [-0.2, -0.15) is 4.90 Å². The lowest BCUT2D eigenvalue weighted by Gasteiger charge is -2.32. The van der Waals surface area contributed by atoms with Crippen LogP contribution in [0.4, 0.5) is 9.59 Å². The molecule has 1 aromatic heterocycles. The number of esters is 1. The van der Waals surface area contributed by atoms with Gasteiger partial charge in [0, 0.05) is 11.8 Å². The highest BCUT2D eigenvalue weighted by Gasteiger charge is 2.40. The van der Waals surface area contributed by atoms with Crippen molar-refractivity contribution in [2.24, 2.45) is 0 Å².